The molecule has 1 aliphatic heterocycles. The lowest BCUT2D eigenvalue weighted by molar-refractivity contribution is -0.138. The first-order valence-electron chi connectivity index (χ1n) is 5.86. The highest BCUT2D eigenvalue weighted by atomic mass is 16.5. The van der Waals surface area contributed by atoms with E-state index in [4.69, 9.17) is 11.2 Å². The molecular formula is C13H19NO2. The second kappa shape index (κ2) is 6.95. The number of hydrogen-bond acceptors (Lipinski definition) is 3. The minimum absolute atomic E-state index is 0.273. The lowest BCUT2D eigenvalue weighted by Crippen LogP contribution is -2.19. The van der Waals surface area contributed by atoms with Crippen LogP contribution in [0.3, 0.4) is 0 Å². The van der Waals surface area contributed by atoms with Gasteiger partial charge < -0.3 is 10.1 Å². The van der Waals surface area contributed by atoms with E-state index in [-0.39, 0.29) is 5.97 Å². The standard InChI is InChI=1S/C13H19NO2/c1-3-8-11(13(15)16-4-2)12-9-6-5-7-10-14-12/h1,14H,4-10H2,2H3/b12-11-. The van der Waals surface area contributed by atoms with Crippen LogP contribution < -0.4 is 5.32 Å². The maximum atomic E-state index is 11.7. The maximum absolute atomic E-state index is 11.7. The molecule has 1 rings (SSSR count). The lowest BCUT2D eigenvalue weighted by atomic mass is 10.1. The highest BCUT2D eigenvalue weighted by Crippen LogP contribution is 2.18. The van der Waals surface area contributed by atoms with Crippen molar-refractivity contribution in [3.05, 3.63) is 11.3 Å². The molecule has 0 spiro atoms. The number of carbonyl (C=O) groups excluding carboxylic acids is 1. The fourth-order valence-corrected chi connectivity index (χ4v) is 1.81. The summed E-state index contributed by atoms with van der Waals surface area (Å²) in [5, 5.41) is 3.29. The molecule has 1 aliphatic rings. The Balaban J connectivity index is 2.83. The highest BCUT2D eigenvalue weighted by Gasteiger charge is 2.16. The predicted molar refractivity (Wildman–Crippen MR) is 63.6 cm³/mol. The molecule has 1 N–H and O–H groups in total. The van der Waals surface area contributed by atoms with Crippen LogP contribution in [0.5, 0.6) is 0 Å². The van der Waals surface area contributed by atoms with E-state index in [0.29, 0.717) is 18.6 Å². The first-order valence-corrected chi connectivity index (χ1v) is 5.86. The predicted octanol–water partition coefficient (Wildman–Crippen LogP) is 1.99. The summed E-state index contributed by atoms with van der Waals surface area (Å²) in [6.45, 7) is 3.11. The van der Waals surface area contributed by atoms with Gasteiger partial charge in [0.2, 0.25) is 0 Å². The third kappa shape index (κ3) is 3.62. The van der Waals surface area contributed by atoms with Gasteiger partial charge in [-0.05, 0) is 26.2 Å². The van der Waals surface area contributed by atoms with Crippen LogP contribution in [0.15, 0.2) is 11.3 Å². The van der Waals surface area contributed by atoms with E-state index >= 15 is 0 Å². The summed E-state index contributed by atoms with van der Waals surface area (Å²) in [6.07, 6.45) is 9.99. The SMILES string of the molecule is C#CC/C(C(=O)OCC)=C1\CCCCCN1. The molecule has 16 heavy (non-hydrogen) atoms. The largest absolute Gasteiger partial charge is 0.463 e. The van der Waals surface area contributed by atoms with E-state index in [1.807, 2.05) is 0 Å². The first-order chi connectivity index (χ1) is 7.79. The minimum atomic E-state index is -0.273. The van der Waals surface area contributed by atoms with E-state index < -0.39 is 0 Å². The fourth-order valence-electron chi connectivity index (χ4n) is 1.81. The van der Waals surface area contributed by atoms with Crippen LogP contribution in [-0.2, 0) is 9.53 Å². The van der Waals surface area contributed by atoms with Crippen molar-refractivity contribution in [2.75, 3.05) is 13.2 Å². The molecular weight excluding hydrogens is 202 g/mol. The number of carbonyl (C=O) groups is 1. The zero-order chi connectivity index (χ0) is 11.8. The van der Waals surface area contributed by atoms with Gasteiger partial charge in [0.25, 0.3) is 0 Å². The Labute approximate surface area is 97.2 Å². The molecule has 0 aliphatic carbocycles. The molecule has 0 saturated carbocycles. The highest BCUT2D eigenvalue weighted by molar-refractivity contribution is 5.89. The summed E-state index contributed by atoms with van der Waals surface area (Å²) in [5.41, 5.74) is 1.61. The number of allylic oxidation sites excluding steroid dienone is 1. The minimum Gasteiger partial charge on any atom is -0.463 e. The fraction of sp³-hybridized carbons (Fsp3) is 0.615. The Kier molecular flexibility index (Phi) is 5.49. The Morgan fingerprint density at radius 2 is 2.31 bits per heavy atom. The molecule has 1 fully saturated rings. The molecule has 0 aromatic heterocycles. The second-order valence-electron chi connectivity index (χ2n) is 3.80. The van der Waals surface area contributed by atoms with E-state index in [1.54, 1.807) is 6.92 Å². The van der Waals surface area contributed by atoms with Gasteiger partial charge in [-0.25, -0.2) is 4.79 Å². The Hall–Kier alpha value is -1.43. The molecule has 0 aromatic carbocycles. The van der Waals surface area contributed by atoms with Crippen molar-refractivity contribution in [2.45, 2.75) is 39.0 Å². The molecule has 1 saturated heterocycles. The summed E-state index contributed by atoms with van der Waals surface area (Å²) >= 11 is 0. The number of hydrogen-bond donors (Lipinski definition) is 1. The summed E-state index contributed by atoms with van der Waals surface area (Å²) in [6, 6.07) is 0. The molecule has 0 aromatic rings. The Morgan fingerprint density at radius 1 is 1.50 bits per heavy atom. The van der Waals surface area contributed by atoms with E-state index in [9.17, 15) is 4.79 Å². The van der Waals surface area contributed by atoms with Crippen LogP contribution in [0.1, 0.15) is 39.0 Å². The van der Waals surface area contributed by atoms with Crippen molar-refractivity contribution in [1.29, 1.82) is 0 Å². The summed E-state index contributed by atoms with van der Waals surface area (Å²) in [7, 11) is 0. The van der Waals surface area contributed by atoms with Crippen LogP contribution >= 0.6 is 0 Å². The number of terminal acetylenes is 1. The quantitative estimate of drug-likeness (QED) is 0.450. The van der Waals surface area contributed by atoms with E-state index in [2.05, 4.69) is 11.2 Å². The van der Waals surface area contributed by atoms with Crippen molar-refractivity contribution in [3.8, 4) is 12.3 Å². The molecule has 0 amide bonds. The van der Waals surface area contributed by atoms with Gasteiger partial charge in [0.15, 0.2) is 0 Å². The van der Waals surface area contributed by atoms with Crippen LogP contribution in [0.4, 0.5) is 0 Å². The molecule has 88 valence electrons. The first kappa shape index (κ1) is 12.6. The van der Waals surface area contributed by atoms with Gasteiger partial charge >= 0.3 is 5.97 Å². The van der Waals surface area contributed by atoms with Crippen LogP contribution in [0.25, 0.3) is 0 Å². The van der Waals surface area contributed by atoms with Crippen LogP contribution in [0, 0.1) is 12.3 Å². The smallest absolute Gasteiger partial charge is 0.336 e. The molecule has 1 heterocycles. The van der Waals surface area contributed by atoms with Crippen molar-refractivity contribution in [2.24, 2.45) is 0 Å². The monoisotopic (exact) mass is 221 g/mol. The van der Waals surface area contributed by atoms with Gasteiger partial charge in [-0.3, -0.25) is 0 Å². The summed E-state index contributed by atoms with van der Waals surface area (Å²) < 4.78 is 5.02. The molecule has 0 atom stereocenters. The van der Waals surface area contributed by atoms with Crippen molar-refractivity contribution in [3.63, 3.8) is 0 Å². The van der Waals surface area contributed by atoms with Crippen molar-refractivity contribution in [1.82, 2.24) is 5.32 Å². The van der Waals surface area contributed by atoms with Gasteiger partial charge in [-0.15, -0.1) is 12.3 Å². The van der Waals surface area contributed by atoms with E-state index in [0.717, 1.165) is 31.5 Å². The van der Waals surface area contributed by atoms with Gasteiger partial charge in [0.05, 0.1) is 12.2 Å². The topological polar surface area (TPSA) is 38.3 Å². The normalized spacial score (nSPS) is 19.0. The third-order valence-corrected chi connectivity index (χ3v) is 2.61. The number of rotatable bonds is 3. The van der Waals surface area contributed by atoms with Gasteiger partial charge in [-0.2, -0.15) is 0 Å². The maximum Gasteiger partial charge on any atom is 0.336 e. The Bertz CT molecular complexity index is 302. The van der Waals surface area contributed by atoms with Crippen LogP contribution in [0.2, 0.25) is 0 Å². The number of nitrogens with one attached hydrogen (secondary N) is 1. The van der Waals surface area contributed by atoms with Crippen molar-refractivity contribution >= 4 is 5.97 Å². The average Bonchev–Trinajstić information content (AvgIpc) is 2.54. The zero-order valence-electron chi connectivity index (χ0n) is 9.84. The van der Waals surface area contributed by atoms with Gasteiger partial charge in [0, 0.05) is 18.7 Å². The average molecular weight is 221 g/mol. The lowest BCUT2D eigenvalue weighted by Gasteiger charge is -2.12. The van der Waals surface area contributed by atoms with Crippen molar-refractivity contribution < 1.29 is 9.53 Å². The second-order valence-corrected chi connectivity index (χ2v) is 3.80. The molecule has 3 heteroatoms. The number of esters is 1. The summed E-state index contributed by atoms with van der Waals surface area (Å²) in [4.78, 5) is 11.7. The van der Waals surface area contributed by atoms with Gasteiger partial charge in [-0.1, -0.05) is 6.42 Å². The molecule has 0 bridgehead atoms. The van der Waals surface area contributed by atoms with Gasteiger partial charge in [0.1, 0.15) is 0 Å². The van der Waals surface area contributed by atoms with E-state index in [1.165, 1.54) is 6.42 Å². The third-order valence-electron chi connectivity index (χ3n) is 2.61. The molecule has 3 nitrogen and oxygen atoms in total. The Morgan fingerprint density at radius 3 is 3.00 bits per heavy atom. The molecule has 0 unspecified atom stereocenters. The number of ether oxygens (including phenoxy) is 1. The van der Waals surface area contributed by atoms with Crippen LogP contribution in [-0.4, -0.2) is 19.1 Å². The molecule has 0 radical (unpaired) electrons. The zero-order valence-corrected chi connectivity index (χ0v) is 9.84. The summed E-state index contributed by atoms with van der Waals surface area (Å²) in [5.74, 6) is 2.25.